The van der Waals surface area contributed by atoms with Crippen LogP contribution in [0.25, 0.3) is 5.69 Å². The summed E-state index contributed by atoms with van der Waals surface area (Å²) in [5.41, 5.74) is 3.52. The van der Waals surface area contributed by atoms with Gasteiger partial charge in [-0.05, 0) is 53.6 Å². The van der Waals surface area contributed by atoms with E-state index in [2.05, 4.69) is 16.5 Å². The molecule has 1 aromatic heterocycles. The van der Waals surface area contributed by atoms with E-state index in [0.29, 0.717) is 21.8 Å². The van der Waals surface area contributed by atoms with Crippen LogP contribution in [0.15, 0.2) is 91.3 Å². The predicted octanol–water partition coefficient (Wildman–Crippen LogP) is 5.43. The first-order chi connectivity index (χ1) is 14.7. The SMILES string of the molecule is N#CC(c1ccccc1)c1ccc(NC(=O)c2ccc(-n3cccn3)cc2)cc1Cl. The monoisotopic (exact) mass is 412 g/mol. The summed E-state index contributed by atoms with van der Waals surface area (Å²) in [6, 6.07) is 25.9. The number of nitriles is 1. The van der Waals surface area contributed by atoms with Crippen LogP contribution in [0.5, 0.6) is 0 Å². The lowest BCUT2D eigenvalue weighted by molar-refractivity contribution is 0.102. The Labute approximate surface area is 179 Å². The number of hydrogen-bond donors (Lipinski definition) is 1. The van der Waals surface area contributed by atoms with Crippen LogP contribution in [0, 0.1) is 11.3 Å². The topological polar surface area (TPSA) is 70.7 Å². The maximum Gasteiger partial charge on any atom is 0.255 e. The second-order valence-corrected chi connectivity index (χ2v) is 7.07. The molecule has 5 nitrogen and oxygen atoms in total. The van der Waals surface area contributed by atoms with E-state index in [1.807, 2.05) is 54.7 Å². The summed E-state index contributed by atoms with van der Waals surface area (Å²) in [5, 5.41) is 17.1. The molecule has 3 aromatic carbocycles. The number of nitrogens with one attached hydrogen (secondary N) is 1. The first-order valence-corrected chi connectivity index (χ1v) is 9.69. The van der Waals surface area contributed by atoms with Crippen molar-refractivity contribution in [3.05, 3.63) is 113 Å². The number of carbonyl (C=O) groups excluding carboxylic acids is 1. The fourth-order valence-electron chi connectivity index (χ4n) is 3.20. The fraction of sp³-hybridized carbons (Fsp3) is 0.0417. The highest BCUT2D eigenvalue weighted by Gasteiger charge is 2.17. The number of anilines is 1. The Morgan fingerprint density at radius 2 is 1.80 bits per heavy atom. The molecule has 1 N–H and O–H groups in total. The predicted molar refractivity (Wildman–Crippen MR) is 117 cm³/mol. The molecule has 4 rings (SSSR count). The van der Waals surface area contributed by atoms with Crippen LogP contribution in [-0.2, 0) is 0 Å². The van der Waals surface area contributed by atoms with Gasteiger partial charge >= 0.3 is 0 Å². The Bertz CT molecular complexity index is 1200. The van der Waals surface area contributed by atoms with Gasteiger partial charge in [0.15, 0.2) is 0 Å². The maximum atomic E-state index is 12.6. The van der Waals surface area contributed by atoms with Gasteiger partial charge in [-0.2, -0.15) is 10.4 Å². The molecule has 6 heteroatoms. The minimum Gasteiger partial charge on any atom is -0.322 e. The highest BCUT2D eigenvalue weighted by molar-refractivity contribution is 6.32. The number of rotatable bonds is 5. The molecule has 0 fully saturated rings. The summed E-state index contributed by atoms with van der Waals surface area (Å²) in [7, 11) is 0. The summed E-state index contributed by atoms with van der Waals surface area (Å²) in [4.78, 5) is 12.6. The van der Waals surface area contributed by atoms with Crippen molar-refractivity contribution in [2.75, 3.05) is 5.32 Å². The molecule has 1 amide bonds. The molecule has 0 radical (unpaired) electrons. The summed E-state index contributed by atoms with van der Waals surface area (Å²) < 4.78 is 1.72. The first-order valence-electron chi connectivity index (χ1n) is 9.31. The molecule has 1 unspecified atom stereocenters. The van der Waals surface area contributed by atoms with E-state index in [9.17, 15) is 10.1 Å². The molecule has 1 heterocycles. The third-order valence-corrected chi connectivity index (χ3v) is 5.06. The first kappa shape index (κ1) is 19.4. The summed E-state index contributed by atoms with van der Waals surface area (Å²) >= 11 is 6.45. The third kappa shape index (κ3) is 4.09. The summed E-state index contributed by atoms with van der Waals surface area (Å²) in [6.45, 7) is 0. The van der Waals surface area contributed by atoms with E-state index in [4.69, 9.17) is 11.6 Å². The summed E-state index contributed by atoms with van der Waals surface area (Å²) in [5.74, 6) is -0.719. The molecule has 0 aliphatic rings. The Kier molecular flexibility index (Phi) is 5.60. The Hall–Kier alpha value is -3.88. The molecule has 0 aliphatic heterocycles. The van der Waals surface area contributed by atoms with Gasteiger partial charge in [-0.15, -0.1) is 0 Å². The average molecular weight is 413 g/mol. The average Bonchev–Trinajstić information content (AvgIpc) is 3.31. The van der Waals surface area contributed by atoms with Crippen LogP contribution < -0.4 is 5.32 Å². The fourth-order valence-corrected chi connectivity index (χ4v) is 3.49. The molecular formula is C24H17ClN4O. The number of halogens is 1. The molecule has 0 saturated heterocycles. The Morgan fingerprint density at radius 1 is 1.03 bits per heavy atom. The number of amides is 1. The molecule has 0 aliphatic carbocycles. The zero-order chi connectivity index (χ0) is 20.9. The minimum absolute atomic E-state index is 0.245. The van der Waals surface area contributed by atoms with Gasteiger partial charge in [0.25, 0.3) is 5.91 Å². The van der Waals surface area contributed by atoms with Crippen LogP contribution in [-0.4, -0.2) is 15.7 Å². The van der Waals surface area contributed by atoms with E-state index in [1.165, 1.54) is 0 Å². The number of aromatic nitrogens is 2. The van der Waals surface area contributed by atoms with E-state index >= 15 is 0 Å². The van der Waals surface area contributed by atoms with Gasteiger partial charge in [-0.1, -0.05) is 48.0 Å². The second-order valence-electron chi connectivity index (χ2n) is 6.66. The third-order valence-electron chi connectivity index (χ3n) is 4.73. The van der Waals surface area contributed by atoms with Gasteiger partial charge in [0, 0.05) is 28.7 Å². The van der Waals surface area contributed by atoms with Crippen LogP contribution in [0.1, 0.15) is 27.4 Å². The highest BCUT2D eigenvalue weighted by Crippen LogP contribution is 2.32. The van der Waals surface area contributed by atoms with Crippen LogP contribution >= 0.6 is 11.6 Å². The molecule has 1 atom stereocenters. The van der Waals surface area contributed by atoms with Crippen molar-refractivity contribution in [3.63, 3.8) is 0 Å². The van der Waals surface area contributed by atoms with Gasteiger partial charge in [0.05, 0.1) is 17.7 Å². The molecular weight excluding hydrogens is 396 g/mol. The smallest absolute Gasteiger partial charge is 0.255 e. The van der Waals surface area contributed by atoms with Gasteiger partial charge in [-0.3, -0.25) is 4.79 Å². The Balaban J connectivity index is 1.51. The Morgan fingerprint density at radius 3 is 2.43 bits per heavy atom. The lowest BCUT2D eigenvalue weighted by Crippen LogP contribution is -2.12. The van der Waals surface area contributed by atoms with Crippen LogP contribution in [0.3, 0.4) is 0 Å². The largest absolute Gasteiger partial charge is 0.322 e. The summed E-state index contributed by atoms with van der Waals surface area (Å²) in [6.07, 6.45) is 3.53. The number of carbonyl (C=O) groups is 1. The molecule has 0 saturated carbocycles. The molecule has 0 spiro atoms. The standard InChI is InChI=1S/C24H17ClN4O/c25-23-15-19(9-12-21(23)22(16-26)17-5-2-1-3-6-17)28-24(30)18-7-10-20(11-8-18)29-14-4-13-27-29/h1-15,22H,(H,28,30). The highest BCUT2D eigenvalue weighted by atomic mass is 35.5. The zero-order valence-corrected chi connectivity index (χ0v) is 16.6. The van der Waals surface area contributed by atoms with Gasteiger partial charge in [-0.25, -0.2) is 4.68 Å². The zero-order valence-electron chi connectivity index (χ0n) is 15.9. The molecule has 146 valence electrons. The van der Waals surface area contributed by atoms with Crippen molar-refractivity contribution >= 4 is 23.2 Å². The number of benzene rings is 3. The van der Waals surface area contributed by atoms with Crippen molar-refractivity contribution in [2.24, 2.45) is 0 Å². The maximum absolute atomic E-state index is 12.6. The quantitative estimate of drug-likeness (QED) is 0.474. The van der Waals surface area contributed by atoms with E-state index < -0.39 is 5.92 Å². The van der Waals surface area contributed by atoms with Crippen LogP contribution in [0.4, 0.5) is 5.69 Å². The van der Waals surface area contributed by atoms with Crippen molar-refractivity contribution in [2.45, 2.75) is 5.92 Å². The normalized spacial score (nSPS) is 11.5. The van der Waals surface area contributed by atoms with Gasteiger partial charge in [0.2, 0.25) is 0 Å². The van der Waals surface area contributed by atoms with Crippen LogP contribution in [0.2, 0.25) is 5.02 Å². The van der Waals surface area contributed by atoms with E-state index in [-0.39, 0.29) is 5.91 Å². The van der Waals surface area contributed by atoms with Crippen molar-refractivity contribution in [1.82, 2.24) is 9.78 Å². The van der Waals surface area contributed by atoms with E-state index in [0.717, 1.165) is 11.3 Å². The number of nitrogens with zero attached hydrogens (tertiary/aromatic N) is 3. The molecule has 30 heavy (non-hydrogen) atoms. The van der Waals surface area contributed by atoms with Crippen molar-refractivity contribution < 1.29 is 4.79 Å². The lowest BCUT2D eigenvalue weighted by atomic mass is 9.92. The molecule has 0 bridgehead atoms. The van der Waals surface area contributed by atoms with E-state index in [1.54, 1.807) is 41.2 Å². The molecule has 4 aromatic rings. The second kappa shape index (κ2) is 8.64. The van der Waals surface area contributed by atoms with Crippen molar-refractivity contribution in [3.8, 4) is 11.8 Å². The van der Waals surface area contributed by atoms with Gasteiger partial charge in [0.1, 0.15) is 0 Å². The minimum atomic E-state index is -0.474. The lowest BCUT2D eigenvalue weighted by Gasteiger charge is -2.13. The number of hydrogen-bond acceptors (Lipinski definition) is 3. The van der Waals surface area contributed by atoms with Gasteiger partial charge < -0.3 is 5.32 Å². The van der Waals surface area contributed by atoms with Crippen molar-refractivity contribution in [1.29, 1.82) is 5.26 Å².